The first kappa shape index (κ1) is 9.56. The normalized spacial score (nSPS) is 10.8. The molecule has 0 saturated carbocycles. The average molecular weight is 289 g/mol. The predicted octanol–water partition coefficient (Wildman–Crippen LogP) is 2.06. The number of halogens is 4. The van der Waals surface area contributed by atoms with Crippen LogP contribution >= 0.6 is 22.6 Å². The molecule has 0 unspecified atom stereocenters. The van der Waals surface area contributed by atoms with Gasteiger partial charge in [-0.2, -0.15) is 0 Å². The summed E-state index contributed by atoms with van der Waals surface area (Å²) in [5.41, 5.74) is -1.95. The molecule has 0 aromatic carbocycles. The molecule has 0 radical (unpaired) electrons. The van der Waals surface area contributed by atoms with Crippen molar-refractivity contribution in [1.82, 2.24) is 4.98 Å². The SMILES string of the molecule is O=c1c(I)c[nH]c(C(F)F)c1F. The highest BCUT2D eigenvalue weighted by Crippen LogP contribution is 2.17. The van der Waals surface area contributed by atoms with E-state index < -0.39 is 23.4 Å². The zero-order valence-corrected chi connectivity index (χ0v) is 7.73. The summed E-state index contributed by atoms with van der Waals surface area (Å²) in [7, 11) is 0. The molecule has 0 aliphatic rings. The molecule has 1 heterocycles. The van der Waals surface area contributed by atoms with Gasteiger partial charge in [0.15, 0.2) is 5.82 Å². The van der Waals surface area contributed by atoms with Gasteiger partial charge in [0.05, 0.1) is 3.57 Å². The van der Waals surface area contributed by atoms with Crippen molar-refractivity contribution >= 4 is 22.6 Å². The van der Waals surface area contributed by atoms with Gasteiger partial charge in [0.2, 0.25) is 5.43 Å². The van der Waals surface area contributed by atoms with E-state index >= 15 is 0 Å². The van der Waals surface area contributed by atoms with Crippen LogP contribution in [0.5, 0.6) is 0 Å². The van der Waals surface area contributed by atoms with Gasteiger partial charge in [-0.3, -0.25) is 4.79 Å². The van der Waals surface area contributed by atoms with Gasteiger partial charge in [0.1, 0.15) is 5.69 Å². The van der Waals surface area contributed by atoms with Crippen LogP contribution < -0.4 is 5.43 Å². The van der Waals surface area contributed by atoms with Gasteiger partial charge in [0, 0.05) is 6.20 Å². The smallest absolute Gasteiger partial charge is 0.281 e. The van der Waals surface area contributed by atoms with Crippen molar-refractivity contribution in [3.63, 3.8) is 0 Å². The first-order valence-electron chi connectivity index (χ1n) is 2.88. The van der Waals surface area contributed by atoms with E-state index in [1.165, 1.54) is 0 Å². The number of hydrogen-bond donors (Lipinski definition) is 1. The molecule has 1 N–H and O–H groups in total. The lowest BCUT2D eigenvalue weighted by Crippen LogP contribution is -2.14. The van der Waals surface area contributed by atoms with Gasteiger partial charge in [-0.15, -0.1) is 0 Å². The Labute approximate surface area is 78.9 Å². The van der Waals surface area contributed by atoms with Crippen molar-refractivity contribution in [2.75, 3.05) is 0 Å². The predicted molar refractivity (Wildman–Crippen MR) is 44.7 cm³/mol. The largest absolute Gasteiger partial charge is 0.357 e. The lowest BCUT2D eigenvalue weighted by Gasteiger charge is -2.00. The maximum absolute atomic E-state index is 12.7. The second-order valence-electron chi connectivity index (χ2n) is 1.99. The number of aromatic amines is 1. The molecule has 2 nitrogen and oxygen atoms in total. The number of nitrogens with one attached hydrogen (secondary N) is 1. The van der Waals surface area contributed by atoms with Gasteiger partial charge in [0.25, 0.3) is 6.43 Å². The fourth-order valence-corrected chi connectivity index (χ4v) is 1.05. The van der Waals surface area contributed by atoms with E-state index in [-0.39, 0.29) is 3.57 Å². The average Bonchev–Trinajstić information content (AvgIpc) is 2.00. The molecule has 0 aliphatic carbocycles. The van der Waals surface area contributed by atoms with Crippen LogP contribution in [0.25, 0.3) is 0 Å². The summed E-state index contributed by atoms with van der Waals surface area (Å²) in [5, 5.41) is 0. The summed E-state index contributed by atoms with van der Waals surface area (Å²) in [4.78, 5) is 12.8. The van der Waals surface area contributed by atoms with Crippen molar-refractivity contribution in [3.05, 3.63) is 31.5 Å². The molecule has 0 spiro atoms. The van der Waals surface area contributed by atoms with Crippen LogP contribution in [0.2, 0.25) is 0 Å². The molecule has 0 aliphatic heterocycles. The van der Waals surface area contributed by atoms with Gasteiger partial charge < -0.3 is 4.98 Å². The minimum absolute atomic E-state index is 0.0505. The summed E-state index contributed by atoms with van der Waals surface area (Å²) < 4.78 is 36.6. The first-order valence-corrected chi connectivity index (χ1v) is 3.96. The fraction of sp³-hybridized carbons (Fsp3) is 0.167. The molecule has 6 heteroatoms. The number of H-pyrrole nitrogens is 1. The third-order valence-corrected chi connectivity index (χ3v) is 2.03. The van der Waals surface area contributed by atoms with Crippen LogP contribution in [-0.2, 0) is 0 Å². The van der Waals surface area contributed by atoms with Crippen LogP contribution in [-0.4, -0.2) is 4.98 Å². The third-order valence-electron chi connectivity index (χ3n) is 1.23. The Morgan fingerprint density at radius 3 is 2.58 bits per heavy atom. The standard InChI is InChI=1S/C6H3F3INO/c7-3-4(6(8)9)11-1-2(10)5(3)12/h1,6H,(H,11,12). The molecule has 1 aromatic rings. The van der Waals surface area contributed by atoms with Crippen molar-refractivity contribution < 1.29 is 13.2 Å². The Bertz CT molecular complexity index is 349. The van der Waals surface area contributed by atoms with E-state index in [0.29, 0.717) is 0 Å². The summed E-state index contributed by atoms with van der Waals surface area (Å²) in [5.74, 6) is -1.41. The molecule has 66 valence electrons. The Morgan fingerprint density at radius 1 is 1.50 bits per heavy atom. The summed E-state index contributed by atoms with van der Waals surface area (Å²) in [6.07, 6.45) is -1.94. The zero-order chi connectivity index (χ0) is 9.30. The van der Waals surface area contributed by atoms with Gasteiger partial charge >= 0.3 is 0 Å². The van der Waals surface area contributed by atoms with E-state index in [0.717, 1.165) is 6.20 Å². The molecule has 12 heavy (non-hydrogen) atoms. The molecule has 0 saturated heterocycles. The molecule has 1 rings (SSSR count). The number of hydrogen-bond acceptors (Lipinski definition) is 1. The van der Waals surface area contributed by atoms with Crippen molar-refractivity contribution in [2.24, 2.45) is 0 Å². The van der Waals surface area contributed by atoms with E-state index in [2.05, 4.69) is 0 Å². The second kappa shape index (κ2) is 3.46. The number of alkyl halides is 2. The zero-order valence-electron chi connectivity index (χ0n) is 5.57. The molecule has 0 bridgehead atoms. The topological polar surface area (TPSA) is 32.9 Å². The van der Waals surface area contributed by atoms with Crippen molar-refractivity contribution in [2.45, 2.75) is 6.43 Å². The molecule has 0 fully saturated rings. The minimum atomic E-state index is -2.99. The van der Waals surface area contributed by atoms with Crippen LogP contribution in [0.1, 0.15) is 12.1 Å². The summed E-state index contributed by atoms with van der Waals surface area (Å²) >= 11 is 1.56. The maximum Gasteiger partial charge on any atom is 0.281 e. The maximum atomic E-state index is 12.7. The highest BCUT2D eigenvalue weighted by molar-refractivity contribution is 14.1. The van der Waals surface area contributed by atoms with Crippen LogP contribution in [0.15, 0.2) is 11.0 Å². The lowest BCUT2D eigenvalue weighted by atomic mass is 10.3. The lowest BCUT2D eigenvalue weighted by molar-refractivity contribution is 0.140. The van der Waals surface area contributed by atoms with E-state index in [4.69, 9.17) is 0 Å². The molecule has 0 amide bonds. The van der Waals surface area contributed by atoms with Crippen molar-refractivity contribution in [1.29, 1.82) is 0 Å². The molecule has 0 atom stereocenters. The Balaban J connectivity index is 3.37. The second-order valence-corrected chi connectivity index (χ2v) is 3.16. The number of pyridine rings is 1. The highest BCUT2D eigenvalue weighted by atomic mass is 127. The Morgan fingerprint density at radius 2 is 2.08 bits per heavy atom. The van der Waals surface area contributed by atoms with E-state index in [1.54, 1.807) is 22.6 Å². The van der Waals surface area contributed by atoms with Crippen LogP contribution in [0, 0.1) is 9.39 Å². The van der Waals surface area contributed by atoms with Gasteiger partial charge in [-0.1, -0.05) is 0 Å². The van der Waals surface area contributed by atoms with Gasteiger partial charge in [-0.25, -0.2) is 13.2 Å². The quantitative estimate of drug-likeness (QED) is 0.789. The third kappa shape index (κ3) is 1.62. The summed E-state index contributed by atoms with van der Waals surface area (Å²) in [6, 6.07) is 0. The fourth-order valence-electron chi connectivity index (χ4n) is 0.656. The van der Waals surface area contributed by atoms with Crippen LogP contribution in [0.3, 0.4) is 0 Å². The van der Waals surface area contributed by atoms with Crippen molar-refractivity contribution in [3.8, 4) is 0 Å². The van der Waals surface area contributed by atoms with Crippen LogP contribution in [0.4, 0.5) is 13.2 Å². The number of aromatic nitrogens is 1. The highest BCUT2D eigenvalue weighted by Gasteiger charge is 2.17. The van der Waals surface area contributed by atoms with E-state index in [1.807, 2.05) is 4.98 Å². The first-order chi connectivity index (χ1) is 5.54. The minimum Gasteiger partial charge on any atom is -0.357 e. The van der Waals surface area contributed by atoms with Gasteiger partial charge in [-0.05, 0) is 22.6 Å². The number of rotatable bonds is 1. The summed E-state index contributed by atoms with van der Waals surface area (Å²) in [6.45, 7) is 0. The monoisotopic (exact) mass is 289 g/mol. The molecule has 1 aromatic heterocycles. The molecular formula is C6H3F3INO. The van der Waals surface area contributed by atoms with E-state index in [9.17, 15) is 18.0 Å². The Hall–Kier alpha value is -0.530. The Kier molecular flexibility index (Phi) is 2.76. The molecular weight excluding hydrogens is 286 g/mol.